The molecule has 0 aliphatic heterocycles. The normalized spacial score (nSPS) is 11.4. The maximum atomic E-state index is 5.26. The smallest absolute Gasteiger partial charge is 0.144 e. The van der Waals surface area contributed by atoms with Crippen LogP contribution in [0.2, 0.25) is 0 Å². The Labute approximate surface area is 92.2 Å². The van der Waals surface area contributed by atoms with Crippen LogP contribution in [0.5, 0.6) is 0 Å². The lowest BCUT2D eigenvalue weighted by Crippen LogP contribution is -2.32. The van der Waals surface area contributed by atoms with E-state index in [0.29, 0.717) is 6.54 Å². The standard InChI is InChI=1S/C9H14BrN3O/c1-9(2,14-3)6-13-8-5-11-7(10)4-12-8/h4-5H,6H2,1-3H3,(H,12,13). The van der Waals surface area contributed by atoms with Gasteiger partial charge in [0.15, 0.2) is 0 Å². The van der Waals surface area contributed by atoms with Crippen LogP contribution < -0.4 is 5.32 Å². The molecule has 78 valence electrons. The quantitative estimate of drug-likeness (QED) is 0.900. The van der Waals surface area contributed by atoms with E-state index in [1.165, 1.54) is 0 Å². The molecule has 0 radical (unpaired) electrons. The van der Waals surface area contributed by atoms with Crippen LogP contribution in [0.1, 0.15) is 13.8 Å². The molecule has 0 saturated carbocycles. The Kier molecular flexibility index (Phi) is 3.83. The Morgan fingerprint density at radius 2 is 2.14 bits per heavy atom. The molecule has 0 amide bonds. The van der Waals surface area contributed by atoms with Crippen LogP contribution in [-0.2, 0) is 4.74 Å². The fraction of sp³-hybridized carbons (Fsp3) is 0.556. The van der Waals surface area contributed by atoms with Gasteiger partial charge >= 0.3 is 0 Å². The molecule has 0 spiro atoms. The van der Waals surface area contributed by atoms with Gasteiger partial charge in [-0.3, -0.25) is 0 Å². The molecular formula is C9H14BrN3O. The number of nitrogens with one attached hydrogen (secondary N) is 1. The Morgan fingerprint density at radius 1 is 1.43 bits per heavy atom. The van der Waals surface area contributed by atoms with Gasteiger partial charge in [-0.2, -0.15) is 0 Å². The summed E-state index contributed by atoms with van der Waals surface area (Å²) in [4.78, 5) is 8.20. The fourth-order valence-electron chi connectivity index (χ4n) is 0.779. The number of rotatable bonds is 4. The van der Waals surface area contributed by atoms with E-state index < -0.39 is 0 Å². The van der Waals surface area contributed by atoms with Gasteiger partial charge in [-0.1, -0.05) is 0 Å². The Bertz CT molecular complexity index is 287. The third-order valence-electron chi connectivity index (χ3n) is 1.87. The summed E-state index contributed by atoms with van der Waals surface area (Å²) < 4.78 is 5.99. The predicted octanol–water partition coefficient (Wildman–Crippen LogP) is 2.08. The van der Waals surface area contributed by atoms with Crippen molar-refractivity contribution in [1.82, 2.24) is 9.97 Å². The maximum Gasteiger partial charge on any atom is 0.144 e. The number of methoxy groups -OCH3 is 1. The fourth-order valence-corrected chi connectivity index (χ4v) is 0.984. The van der Waals surface area contributed by atoms with Crippen LogP contribution in [0, 0.1) is 0 Å². The highest BCUT2D eigenvalue weighted by molar-refractivity contribution is 9.10. The number of hydrogen-bond donors (Lipinski definition) is 1. The number of ether oxygens (including phenoxy) is 1. The van der Waals surface area contributed by atoms with E-state index >= 15 is 0 Å². The number of nitrogens with zero attached hydrogens (tertiary/aromatic N) is 2. The van der Waals surface area contributed by atoms with Gasteiger partial charge in [0.25, 0.3) is 0 Å². The zero-order valence-electron chi connectivity index (χ0n) is 8.54. The molecule has 0 bridgehead atoms. The minimum absolute atomic E-state index is 0.200. The predicted molar refractivity (Wildman–Crippen MR) is 59.3 cm³/mol. The average molecular weight is 260 g/mol. The lowest BCUT2D eigenvalue weighted by Gasteiger charge is -2.23. The van der Waals surface area contributed by atoms with Crippen molar-refractivity contribution in [2.75, 3.05) is 19.0 Å². The Morgan fingerprint density at radius 3 is 2.64 bits per heavy atom. The average Bonchev–Trinajstić information content (AvgIpc) is 2.17. The van der Waals surface area contributed by atoms with E-state index in [4.69, 9.17) is 4.74 Å². The highest BCUT2D eigenvalue weighted by atomic mass is 79.9. The summed E-state index contributed by atoms with van der Waals surface area (Å²) in [7, 11) is 1.69. The molecule has 0 atom stereocenters. The topological polar surface area (TPSA) is 47.0 Å². The molecule has 14 heavy (non-hydrogen) atoms. The number of halogens is 1. The molecule has 0 aliphatic rings. The largest absolute Gasteiger partial charge is 0.377 e. The molecule has 0 unspecified atom stereocenters. The zero-order valence-corrected chi connectivity index (χ0v) is 10.1. The second-order valence-corrected chi connectivity index (χ2v) is 4.35. The van der Waals surface area contributed by atoms with Crippen molar-refractivity contribution in [1.29, 1.82) is 0 Å². The van der Waals surface area contributed by atoms with Crippen LogP contribution in [0.3, 0.4) is 0 Å². The van der Waals surface area contributed by atoms with E-state index in [1.54, 1.807) is 19.5 Å². The van der Waals surface area contributed by atoms with Gasteiger partial charge in [-0.15, -0.1) is 0 Å². The highest BCUT2D eigenvalue weighted by Crippen LogP contribution is 2.10. The first-order valence-electron chi connectivity index (χ1n) is 4.30. The number of aromatic nitrogens is 2. The first-order valence-corrected chi connectivity index (χ1v) is 5.09. The minimum Gasteiger partial charge on any atom is -0.377 e. The molecule has 5 heteroatoms. The van der Waals surface area contributed by atoms with Gasteiger partial charge in [0.2, 0.25) is 0 Å². The molecule has 4 nitrogen and oxygen atoms in total. The van der Waals surface area contributed by atoms with Crippen molar-refractivity contribution in [3.05, 3.63) is 17.0 Å². The summed E-state index contributed by atoms with van der Waals surface area (Å²) in [5.41, 5.74) is -0.200. The first kappa shape index (κ1) is 11.4. The van der Waals surface area contributed by atoms with Crippen molar-refractivity contribution >= 4 is 21.7 Å². The molecule has 1 rings (SSSR count). The van der Waals surface area contributed by atoms with Gasteiger partial charge in [0.1, 0.15) is 10.4 Å². The van der Waals surface area contributed by atoms with Gasteiger partial charge < -0.3 is 10.1 Å². The second kappa shape index (κ2) is 4.70. The Hall–Kier alpha value is -0.680. The van der Waals surface area contributed by atoms with E-state index in [9.17, 15) is 0 Å². The third-order valence-corrected chi connectivity index (χ3v) is 2.28. The van der Waals surface area contributed by atoms with E-state index in [1.807, 2.05) is 13.8 Å². The minimum atomic E-state index is -0.200. The zero-order chi connectivity index (χ0) is 10.6. The van der Waals surface area contributed by atoms with Crippen molar-refractivity contribution in [2.24, 2.45) is 0 Å². The third kappa shape index (κ3) is 3.59. The summed E-state index contributed by atoms with van der Waals surface area (Å²) in [5, 5.41) is 3.14. The van der Waals surface area contributed by atoms with Crippen molar-refractivity contribution in [2.45, 2.75) is 19.4 Å². The summed E-state index contributed by atoms with van der Waals surface area (Å²) in [6.45, 7) is 4.71. The first-order chi connectivity index (χ1) is 6.53. The van der Waals surface area contributed by atoms with Crippen molar-refractivity contribution in [3.8, 4) is 0 Å². The molecule has 1 N–H and O–H groups in total. The second-order valence-electron chi connectivity index (χ2n) is 3.54. The van der Waals surface area contributed by atoms with Crippen molar-refractivity contribution in [3.63, 3.8) is 0 Å². The number of anilines is 1. The molecule has 0 fully saturated rings. The highest BCUT2D eigenvalue weighted by Gasteiger charge is 2.15. The van der Waals surface area contributed by atoms with Gasteiger partial charge in [-0.25, -0.2) is 9.97 Å². The van der Waals surface area contributed by atoms with Gasteiger partial charge in [0, 0.05) is 13.7 Å². The molecule has 0 aromatic carbocycles. The van der Waals surface area contributed by atoms with Crippen LogP contribution in [0.25, 0.3) is 0 Å². The van der Waals surface area contributed by atoms with Crippen molar-refractivity contribution < 1.29 is 4.74 Å². The molecule has 0 aliphatic carbocycles. The van der Waals surface area contributed by atoms with Gasteiger partial charge in [-0.05, 0) is 29.8 Å². The van der Waals surface area contributed by atoms with Gasteiger partial charge in [0.05, 0.1) is 18.0 Å². The summed E-state index contributed by atoms with van der Waals surface area (Å²) in [6, 6.07) is 0. The van der Waals surface area contributed by atoms with E-state index in [0.717, 1.165) is 10.4 Å². The summed E-state index contributed by atoms with van der Waals surface area (Å²) in [5.74, 6) is 0.748. The van der Waals surface area contributed by atoms with Crippen LogP contribution >= 0.6 is 15.9 Å². The molecule has 1 heterocycles. The molecule has 1 aromatic rings. The maximum absolute atomic E-state index is 5.26. The lowest BCUT2D eigenvalue weighted by molar-refractivity contribution is 0.0343. The van der Waals surface area contributed by atoms with Crippen LogP contribution in [0.15, 0.2) is 17.0 Å². The summed E-state index contributed by atoms with van der Waals surface area (Å²) in [6.07, 6.45) is 3.33. The number of hydrogen-bond acceptors (Lipinski definition) is 4. The van der Waals surface area contributed by atoms with E-state index in [-0.39, 0.29) is 5.60 Å². The van der Waals surface area contributed by atoms with E-state index in [2.05, 4.69) is 31.2 Å². The SMILES string of the molecule is COC(C)(C)CNc1cnc(Br)cn1. The monoisotopic (exact) mass is 259 g/mol. The molecule has 1 aromatic heterocycles. The van der Waals surface area contributed by atoms with Crippen LogP contribution in [-0.4, -0.2) is 29.2 Å². The van der Waals surface area contributed by atoms with Crippen LogP contribution in [0.4, 0.5) is 5.82 Å². The summed E-state index contributed by atoms with van der Waals surface area (Å²) >= 11 is 3.22. The molecular weight excluding hydrogens is 246 g/mol. The molecule has 0 saturated heterocycles. The Balaban J connectivity index is 2.50. The lowest BCUT2D eigenvalue weighted by atomic mass is 10.1.